The van der Waals surface area contributed by atoms with E-state index in [0.29, 0.717) is 22.3 Å². The number of ether oxygens (including phenoxy) is 1. The van der Waals surface area contributed by atoms with Crippen LogP contribution in [0.25, 0.3) is 22.3 Å². The molecule has 7 heteroatoms. The third kappa shape index (κ3) is 3.90. The lowest BCUT2D eigenvalue weighted by Gasteiger charge is -2.16. The van der Waals surface area contributed by atoms with E-state index in [1.807, 2.05) is 6.07 Å². The lowest BCUT2D eigenvalue weighted by Crippen LogP contribution is -2.08. The van der Waals surface area contributed by atoms with E-state index in [-0.39, 0.29) is 5.75 Å². The molecule has 0 N–H and O–H groups in total. The molecule has 3 aromatic rings. The number of pyridine rings is 1. The fourth-order valence-electron chi connectivity index (χ4n) is 3.42. The number of nitrogens with zero attached hydrogens (tertiary/aromatic N) is 3. The molecule has 0 spiro atoms. The fraction of sp³-hybridized carbons (Fsp3) is 0.400. The van der Waals surface area contributed by atoms with Gasteiger partial charge in [0.1, 0.15) is 17.1 Å². The van der Waals surface area contributed by atoms with Gasteiger partial charge in [-0.15, -0.1) is 0 Å². The highest BCUT2D eigenvalue weighted by molar-refractivity contribution is 6.33. The maximum absolute atomic E-state index is 12.4. The van der Waals surface area contributed by atoms with Crippen molar-refractivity contribution in [3.8, 4) is 17.0 Å². The molecule has 1 aromatic carbocycles. The first-order valence-corrected chi connectivity index (χ1v) is 9.44. The van der Waals surface area contributed by atoms with E-state index in [9.17, 15) is 8.78 Å². The monoisotopic (exact) mass is 393 g/mol. The Morgan fingerprint density at radius 3 is 2.63 bits per heavy atom. The summed E-state index contributed by atoms with van der Waals surface area (Å²) in [4.78, 5) is 9.29. The quantitative estimate of drug-likeness (QED) is 0.474. The third-order valence-corrected chi connectivity index (χ3v) is 4.88. The van der Waals surface area contributed by atoms with E-state index in [1.54, 1.807) is 12.3 Å². The summed E-state index contributed by atoms with van der Waals surface area (Å²) in [5.41, 5.74) is 3.04. The van der Waals surface area contributed by atoms with Crippen LogP contribution in [0.5, 0.6) is 5.75 Å². The summed E-state index contributed by atoms with van der Waals surface area (Å²) < 4.78 is 31.5. The summed E-state index contributed by atoms with van der Waals surface area (Å²) in [7, 11) is 0. The van der Waals surface area contributed by atoms with E-state index < -0.39 is 6.61 Å². The first kappa shape index (κ1) is 19.5. The minimum Gasteiger partial charge on any atom is -0.435 e. The molecule has 144 valence electrons. The fourth-order valence-corrected chi connectivity index (χ4v) is 3.68. The lowest BCUT2D eigenvalue weighted by molar-refractivity contribution is -0.0498. The van der Waals surface area contributed by atoms with Gasteiger partial charge >= 0.3 is 6.61 Å². The first-order valence-electron chi connectivity index (χ1n) is 9.06. The van der Waals surface area contributed by atoms with Gasteiger partial charge in [0.25, 0.3) is 0 Å². The highest BCUT2D eigenvalue weighted by Gasteiger charge is 2.19. The van der Waals surface area contributed by atoms with Gasteiger partial charge in [0, 0.05) is 24.2 Å². The van der Waals surface area contributed by atoms with Gasteiger partial charge in [-0.3, -0.25) is 4.98 Å². The van der Waals surface area contributed by atoms with Crippen molar-refractivity contribution >= 4 is 22.6 Å². The third-order valence-electron chi connectivity index (χ3n) is 4.57. The molecule has 2 heterocycles. The topological polar surface area (TPSA) is 39.9 Å². The van der Waals surface area contributed by atoms with Gasteiger partial charge in [0.15, 0.2) is 0 Å². The van der Waals surface area contributed by atoms with Crippen LogP contribution >= 0.6 is 11.6 Å². The highest BCUT2D eigenvalue weighted by atomic mass is 35.5. The van der Waals surface area contributed by atoms with Gasteiger partial charge in [0.2, 0.25) is 0 Å². The van der Waals surface area contributed by atoms with Crippen LogP contribution in [-0.2, 0) is 6.42 Å². The molecule has 0 radical (unpaired) electrons. The number of halogens is 3. The summed E-state index contributed by atoms with van der Waals surface area (Å²) >= 11 is 6.34. The van der Waals surface area contributed by atoms with Crippen LogP contribution in [0.3, 0.4) is 0 Å². The zero-order chi connectivity index (χ0) is 19.6. The Hall–Kier alpha value is -2.21. The Morgan fingerprint density at radius 2 is 2.00 bits per heavy atom. The lowest BCUT2D eigenvalue weighted by atomic mass is 10.1. The van der Waals surface area contributed by atoms with Crippen LogP contribution in [0.4, 0.5) is 8.78 Å². The number of hydrogen-bond donors (Lipinski definition) is 0. The SMILES string of the molecule is CCCC(C)n1c(CC)nc2c(-c3ccc(OC(F)F)cc3Cl)nccc21. The molecule has 0 bridgehead atoms. The molecule has 1 unspecified atom stereocenters. The molecular weight excluding hydrogens is 372 g/mol. The zero-order valence-electron chi connectivity index (χ0n) is 15.5. The van der Waals surface area contributed by atoms with Crippen molar-refractivity contribution < 1.29 is 13.5 Å². The predicted octanol–water partition coefficient (Wildman–Crippen LogP) is 6.28. The van der Waals surface area contributed by atoms with Crippen molar-refractivity contribution in [2.45, 2.75) is 52.7 Å². The maximum Gasteiger partial charge on any atom is 0.387 e. The first-order chi connectivity index (χ1) is 13.0. The van der Waals surface area contributed by atoms with Crippen molar-refractivity contribution in [3.63, 3.8) is 0 Å². The minimum absolute atomic E-state index is 0.0160. The van der Waals surface area contributed by atoms with Crippen molar-refractivity contribution in [3.05, 3.63) is 41.3 Å². The smallest absolute Gasteiger partial charge is 0.387 e. The second kappa shape index (κ2) is 8.21. The Morgan fingerprint density at radius 1 is 1.22 bits per heavy atom. The molecule has 0 saturated heterocycles. The van der Waals surface area contributed by atoms with E-state index in [0.717, 1.165) is 36.1 Å². The summed E-state index contributed by atoms with van der Waals surface area (Å²) in [6, 6.07) is 6.76. The van der Waals surface area contributed by atoms with E-state index in [4.69, 9.17) is 16.6 Å². The number of alkyl halides is 2. The number of fused-ring (bicyclic) bond motifs is 1. The minimum atomic E-state index is -2.89. The molecule has 0 aliphatic rings. The number of rotatable bonds is 7. The van der Waals surface area contributed by atoms with Crippen LogP contribution in [-0.4, -0.2) is 21.1 Å². The number of aromatic nitrogens is 3. The molecule has 0 fully saturated rings. The van der Waals surface area contributed by atoms with Gasteiger partial charge in [-0.05, 0) is 37.6 Å². The molecule has 2 aromatic heterocycles. The molecule has 4 nitrogen and oxygen atoms in total. The summed E-state index contributed by atoms with van der Waals surface area (Å²) in [6.07, 6.45) is 4.67. The predicted molar refractivity (Wildman–Crippen MR) is 104 cm³/mol. The molecule has 0 aliphatic heterocycles. The average Bonchev–Trinajstić information content (AvgIpc) is 3.00. The van der Waals surface area contributed by atoms with E-state index >= 15 is 0 Å². The van der Waals surface area contributed by atoms with Gasteiger partial charge in [-0.1, -0.05) is 31.9 Å². The summed E-state index contributed by atoms with van der Waals surface area (Å²) in [5.74, 6) is 1.01. The van der Waals surface area contributed by atoms with Crippen LogP contribution < -0.4 is 4.74 Å². The van der Waals surface area contributed by atoms with Gasteiger partial charge in [-0.2, -0.15) is 8.78 Å². The molecular formula is C20H22ClF2N3O. The van der Waals surface area contributed by atoms with Crippen LogP contribution in [0.15, 0.2) is 30.5 Å². The molecule has 27 heavy (non-hydrogen) atoms. The molecule has 0 amide bonds. The summed E-state index contributed by atoms with van der Waals surface area (Å²) in [5, 5.41) is 0.294. The second-order valence-corrected chi connectivity index (χ2v) is 6.84. The second-order valence-electron chi connectivity index (χ2n) is 6.44. The Labute approximate surface area is 162 Å². The van der Waals surface area contributed by atoms with Crippen LogP contribution in [0, 0.1) is 0 Å². The molecule has 0 saturated carbocycles. The van der Waals surface area contributed by atoms with Gasteiger partial charge in [-0.25, -0.2) is 4.98 Å². The number of benzene rings is 1. The molecule has 3 rings (SSSR count). The van der Waals surface area contributed by atoms with E-state index in [2.05, 4.69) is 35.1 Å². The van der Waals surface area contributed by atoms with Crippen LogP contribution in [0.2, 0.25) is 5.02 Å². The normalized spacial score (nSPS) is 12.7. The maximum atomic E-state index is 12.4. The van der Waals surface area contributed by atoms with Crippen LogP contribution in [0.1, 0.15) is 45.5 Å². The molecule has 0 aliphatic carbocycles. The largest absolute Gasteiger partial charge is 0.435 e. The highest BCUT2D eigenvalue weighted by Crippen LogP contribution is 2.35. The Balaban J connectivity index is 2.13. The average molecular weight is 394 g/mol. The van der Waals surface area contributed by atoms with Crippen molar-refractivity contribution in [2.24, 2.45) is 0 Å². The van der Waals surface area contributed by atoms with Crippen molar-refractivity contribution in [1.82, 2.24) is 14.5 Å². The number of imidazole rings is 1. The van der Waals surface area contributed by atoms with Gasteiger partial charge < -0.3 is 9.30 Å². The van der Waals surface area contributed by atoms with Crippen molar-refractivity contribution in [1.29, 1.82) is 0 Å². The van der Waals surface area contributed by atoms with Crippen molar-refractivity contribution in [2.75, 3.05) is 0 Å². The summed E-state index contributed by atoms with van der Waals surface area (Å²) in [6.45, 7) is 3.54. The molecule has 1 atom stereocenters. The number of aryl methyl sites for hydroxylation is 1. The zero-order valence-corrected chi connectivity index (χ0v) is 16.3. The number of hydrogen-bond acceptors (Lipinski definition) is 3. The Kier molecular flexibility index (Phi) is 5.95. The Bertz CT molecular complexity index is 942. The van der Waals surface area contributed by atoms with E-state index in [1.165, 1.54) is 12.1 Å². The standard InChI is InChI=1S/C20H22ClF2N3O/c1-4-6-12(3)26-16-9-10-24-18(19(16)25-17(26)5-2)14-8-7-13(11-15(14)21)27-20(22)23/h7-12,20H,4-6H2,1-3H3. The van der Waals surface area contributed by atoms with Gasteiger partial charge in [0.05, 0.1) is 16.2 Å².